The van der Waals surface area contributed by atoms with Gasteiger partial charge in [-0.15, -0.1) is 0 Å². The standard InChI is InChI=1S/C41H48N4O6/c1-6-42(7-2)28-17-19-32(35(46)25-28)38(48)30-14-10-11-15-31(30)40(50)44-21-23-45(24-22-44)41(51)34-16-12-13-27(5)37(34)39(49)33-20-18-29(26-36(33)47)43(8-3)9-4/h10-20,25-27,37,46-47H,6-9,21-24H2,1-5H3. The lowest BCUT2D eigenvalue weighted by molar-refractivity contribution is -0.129. The van der Waals surface area contributed by atoms with Gasteiger partial charge in [0, 0.05) is 87.0 Å². The number of phenols is 2. The molecule has 51 heavy (non-hydrogen) atoms. The maximum atomic E-state index is 14.0. The number of nitrogens with zero attached hydrogens (tertiary/aromatic N) is 4. The summed E-state index contributed by atoms with van der Waals surface area (Å²) in [7, 11) is 0. The topological polar surface area (TPSA) is 122 Å². The van der Waals surface area contributed by atoms with Crippen LogP contribution in [0.1, 0.15) is 71.3 Å². The van der Waals surface area contributed by atoms with E-state index < -0.39 is 11.7 Å². The molecule has 2 unspecified atom stereocenters. The molecule has 10 heteroatoms. The van der Waals surface area contributed by atoms with Crippen molar-refractivity contribution in [3.05, 3.63) is 107 Å². The third-order valence-corrected chi connectivity index (χ3v) is 10.1. The maximum absolute atomic E-state index is 14.0. The fourth-order valence-electron chi connectivity index (χ4n) is 7.07. The third kappa shape index (κ3) is 7.55. The quantitative estimate of drug-likeness (QED) is 0.224. The first-order chi connectivity index (χ1) is 24.5. The Morgan fingerprint density at radius 2 is 1.16 bits per heavy atom. The van der Waals surface area contributed by atoms with Crippen LogP contribution in [0.3, 0.4) is 0 Å². The molecule has 3 aromatic rings. The summed E-state index contributed by atoms with van der Waals surface area (Å²) in [5.74, 6) is -2.70. The van der Waals surface area contributed by atoms with Gasteiger partial charge in [0.25, 0.3) is 11.8 Å². The smallest absolute Gasteiger partial charge is 0.254 e. The zero-order valence-corrected chi connectivity index (χ0v) is 30.1. The number of hydrogen-bond acceptors (Lipinski definition) is 8. The molecule has 0 radical (unpaired) electrons. The molecule has 1 fully saturated rings. The van der Waals surface area contributed by atoms with Crippen molar-refractivity contribution in [1.29, 1.82) is 0 Å². The summed E-state index contributed by atoms with van der Waals surface area (Å²) in [5.41, 5.74) is 2.68. The summed E-state index contributed by atoms with van der Waals surface area (Å²) in [6, 6.07) is 16.6. The van der Waals surface area contributed by atoms with Gasteiger partial charge in [0.2, 0.25) is 0 Å². The fraction of sp³-hybridized carbons (Fsp3) is 0.366. The van der Waals surface area contributed by atoms with E-state index in [1.165, 1.54) is 0 Å². The summed E-state index contributed by atoms with van der Waals surface area (Å²) in [6.45, 7) is 13.9. The molecule has 2 N–H and O–H groups in total. The normalized spacial score (nSPS) is 17.2. The largest absolute Gasteiger partial charge is 0.507 e. The Morgan fingerprint density at radius 3 is 1.67 bits per heavy atom. The number of Topliss-reactive ketones (excluding diaryl/α,β-unsaturated/α-hetero) is 1. The van der Waals surface area contributed by atoms with E-state index in [2.05, 4.69) is 9.80 Å². The minimum atomic E-state index is -0.775. The predicted molar refractivity (Wildman–Crippen MR) is 200 cm³/mol. The van der Waals surface area contributed by atoms with E-state index in [9.17, 15) is 29.4 Å². The second-order valence-electron chi connectivity index (χ2n) is 12.9. The molecule has 1 saturated heterocycles. The minimum absolute atomic E-state index is 0.114. The molecule has 5 rings (SSSR count). The van der Waals surface area contributed by atoms with Crippen LogP contribution < -0.4 is 9.80 Å². The summed E-state index contributed by atoms with van der Waals surface area (Å²) in [5, 5.41) is 21.7. The summed E-state index contributed by atoms with van der Waals surface area (Å²) < 4.78 is 0. The van der Waals surface area contributed by atoms with Gasteiger partial charge >= 0.3 is 0 Å². The van der Waals surface area contributed by atoms with Crippen LogP contribution in [-0.2, 0) is 4.79 Å². The van der Waals surface area contributed by atoms with Gasteiger partial charge in [0.15, 0.2) is 11.6 Å². The Kier molecular flexibility index (Phi) is 11.6. The molecular formula is C41H48N4O6. The molecule has 1 aliphatic heterocycles. The third-order valence-electron chi connectivity index (χ3n) is 10.1. The molecule has 3 aromatic carbocycles. The number of ketones is 2. The lowest BCUT2D eigenvalue weighted by Crippen LogP contribution is -2.52. The number of carbonyl (C=O) groups excluding carboxylic acids is 4. The van der Waals surface area contributed by atoms with Crippen molar-refractivity contribution in [2.24, 2.45) is 11.8 Å². The van der Waals surface area contributed by atoms with Gasteiger partial charge in [0.1, 0.15) is 11.5 Å². The van der Waals surface area contributed by atoms with E-state index >= 15 is 0 Å². The van der Waals surface area contributed by atoms with Crippen LogP contribution in [0.2, 0.25) is 0 Å². The molecule has 0 aromatic heterocycles. The van der Waals surface area contributed by atoms with Crippen molar-refractivity contribution in [3.8, 4) is 11.5 Å². The van der Waals surface area contributed by atoms with Crippen molar-refractivity contribution in [3.63, 3.8) is 0 Å². The van der Waals surface area contributed by atoms with Crippen LogP contribution in [-0.4, -0.2) is 95.8 Å². The second-order valence-corrected chi connectivity index (χ2v) is 12.9. The Bertz CT molecular complexity index is 1850. The van der Waals surface area contributed by atoms with E-state index in [-0.39, 0.29) is 83.4 Å². The number of hydrogen-bond donors (Lipinski definition) is 2. The van der Waals surface area contributed by atoms with E-state index in [1.807, 2.05) is 46.8 Å². The highest BCUT2D eigenvalue weighted by atomic mass is 16.3. The van der Waals surface area contributed by atoms with Crippen LogP contribution in [0.4, 0.5) is 11.4 Å². The van der Waals surface area contributed by atoms with Gasteiger partial charge in [-0.1, -0.05) is 43.4 Å². The van der Waals surface area contributed by atoms with E-state index in [0.29, 0.717) is 5.57 Å². The first kappa shape index (κ1) is 36.9. The SMILES string of the molecule is CCN(CC)c1ccc(C(=O)c2ccccc2C(=O)N2CCN(C(=O)C3=CC=CC(C)C3C(=O)c3ccc(N(CC)CC)cc3O)CC2)c(O)c1. The lowest BCUT2D eigenvalue weighted by atomic mass is 9.77. The second kappa shape index (κ2) is 16.1. The van der Waals surface area contributed by atoms with Gasteiger partial charge in [-0.25, -0.2) is 0 Å². The van der Waals surface area contributed by atoms with Crippen molar-refractivity contribution in [2.45, 2.75) is 34.6 Å². The lowest BCUT2D eigenvalue weighted by Gasteiger charge is -2.37. The van der Waals surface area contributed by atoms with Crippen LogP contribution in [0, 0.1) is 11.8 Å². The van der Waals surface area contributed by atoms with E-state index in [4.69, 9.17) is 0 Å². The number of allylic oxidation sites excluding steroid dienone is 3. The molecule has 10 nitrogen and oxygen atoms in total. The molecule has 268 valence electrons. The number of anilines is 2. The average molecular weight is 693 g/mol. The van der Waals surface area contributed by atoms with Gasteiger partial charge in [-0.05, 0) is 63.9 Å². The number of phenolic OH excluding ortho intramolecular Hbond substituents is 2. The zero-order chi connectivity index (χ0) is 36.8. The molecule has 2 amide bonds. The van der Waals surface area contributed by atoms with Crippen molar-refractivity contribution < 1.29 is 29.4 Å². The highest BCUT2D eigenvalue weighted by Crippen LogP contribution is 2.35. The Hall–Kier alpha value is -5.38. The Morgan fingerprint density at radius 1 is 0.667 bits per heavy atom. The van der Waals surface area contributed by atoms with Gasteiger partial charge < -0.3 is 29.8 Å². The van der Waals surface area contributed by atoms with Crippen molar-refractivity contribution in [2.75, 3.05) is 62.2 Å². The molecule has 0 spiro atoms. The maximum Gasteiger partial charge on any atom is 0.254 e. The van der Waals surface area contributed by atoms with Crippen LogP contribution in [0.25, 0.3) is 0 Å². The minimum Gasteiger partial charge on any atom is -0.507 e. The number of piperazine rings is 1. The Labute approximate surface area is 300 Å². The molecule has 0 bridgehead atoms. The number of aromatic hydroxyl groups is 2. The predicted octanol–water partition coefficient (Wildman–Crippen LogP) is 5.94. The first-order valence-electron chi connectivity index (χ1n) is 17.8. The van der Waals surface area contributed by atoms with Crippen molar-refractivity contribution in [1.82, 2.24) is 9.80 Å². The highest BCUT2D eigenvalue weighted by molar-refractivity contribution is 6.16. The van der Waals surface area contributed by atoms with Crippen LogP contribution in [0.15, 0.2) is 84.5 Å². The zero-order valence-electron chi connectivity index (χ0n) is 30.1. The van der Waals surface area contributed by atoms with Gasteiger partial charge in [-0.2, -0.15) is 0 Å². The van der Waals surface area contributed by atoms with E-state index in [1.54, 1.807) is 76.5 Å². The van der Waals surface area contributed by atoms with Crippen LogP contribution >= 0.6 is 0 Å². The highest BCUT2D eigenvalue weighted by Gasteiger charge is 2.37. The molecule has 1 heterocycles. The fourth-order valence-corrected chi connectivity index (χ4v) is 7.07. The van der Waals surface area contributed by atoms with Crippen LogP contribution in [0.5, 0.6) is 11.5 Å². The average Bonchev–Trinajstić information content (AvgIpc) is 3.15. The monoisotopic (exact) mass is 692 g/mol. The summed E-state index contributed by atoms with van der Waals surface area (Å²) in [6.07, 6.45) is 5.35. The first-order valence-corrected chi connectivity index (χ1v) is 17.8. The molecule has 2 aliphatic rings. The number of rotatable bonds is 12. The summed E-state index contributed by atoms with van der Waals surface area (Å²) >= 11 is 0. The van der Waals surface area contributed by atoms with Gasteiger partial charge in [-0.3, -0.25) is 19.2 Å². The number of amides is 2. The number of benzene rings is 3. The van der Waals surface area contributed by atoms with Gasteiger partial charge in [0.05, 0.1) is 22.6 Å². The Balaban J connectivity index is 1.29. The summed E-state index contributed by atoms with van der Waals surface area (Å²) in [4.78, 5) is 62.8. The number of carbonyl (C=O) groups is 4. The molecule has 0 saturated carbocycles. The molecular weight excluding hydrogens is 644 g/mol. The van der Waals surface area contributed by atoms with E-state index in [0.717, 1.165) is 37.6 Å². The molecule has 1 aliphatic carbocycles. The molecule has 2 atom stereocenters. The van der Waals surface area contributed by atoms with Crippen molar-refractivity contribution >= 4 is 34.8 Å².